The molecule has 0 N–H and O–H groups in total. The Morgan fingerprint density at radius 3 is 2.44 bits per heavy atom. The highest BCUT2D eigenvalue weighted by Gasteiger charge is 2.33. The van der Waals surface area contributed by atoms with Gasteiger partial charge >= 0.3 is 0 Å². The monoisotopic (exact) mass is 400 g/mol. The Morgan fingerprint density at radius 2 is 1.85 bits per heavy atom. The average molecular weight is 400 g/mol. The summed E-state index contributed by atoms with van der Waals surface area (Å²) in [7, 11) is 3.10. The zero-order valence-corrected chi connectivity index (χ0v) is 16.1. The van der Waals surface area contributed by atoms with E-state index in [1.807, 2.05) is 0 Å². The van der Waals surface area contributed by atoms with Crippen LogP contribution in [-0.2, 0) is 4.79 Å². The molecule has 1 fully saturated rings. The lowest BCUT2D eigenvalue weighted by atomic mass is 10.1. The van der Waals surface area contributed by atoms with Crippen molar-refractivity contribution in [1.29, 1.82) is 0 Å². The standard InChI is InChI=1S/C19H15NO5S2/c1-24-14-7-8-15(25-2)12(9-14)10-16-17(21)20(19(26)27-16)13-5-3-11(4-6-13)18(22)23/h3-10H,1-2H3,(H,22,23)/p-1/b16-10-. The van der Waals surface area contributed by atoms with Crippen molar-refractivity contribution in [3.8, 4) is 11.5 Å². The molecule has 138 valence electrons. The molecule has 1 saturated heterocycles. The van der Waals surface area contributed by atoms with Gasteiger partial charge in [0, 0.05) is 5.56 Å². The van der Waals surface area contributed by atoms with Gasteiger partial charge < -0.3 is 19.4 Å². The predicted octanol–water partition coefficient (Wildman–Crippen LogP) is 2.47. The number of amides is 1. The molecule has 1 aliphatic rings. The van der Waals surface area contributed by atoms with Crippen LogP contribution in [-0.4, -0.2) is 30.4 Å². The van der Waals surface area contributed by atoms with Gasteiger partial charge in [0.15, 0.2) is 4.32 Å². The highest BCUT2D eigenvalue weighted by Crippen LogP contribution is 2.37. The highest BCUT2D eigenvalue weighted by molar-refractivity contribution is 8.27. The number of nitrogens with zero attached hydrogens (tertiary/aromatic N) is 1. The van der Waals surface area contributed by atoms with E-state index >= 15 is 0 Å². The van der Waals surface area contributed by atoms with Crippen LogP contribution in [0.3, 0.4) is 0 Å². The zero-order chi connectivity index (χ0) is 19.6. The summed E-state index contributed by atoms with van der Waals surface area (Å²) < 4.78 is 10.9. The molecule has 6 nitrogen and oxygen atoms in total. The summed E-state index contributed by atoms with van der Waals surface area (Å²) in [5.74, 6) is -0.345. The van der Waals surface area contributed by atoms with Crippen LogP contribution in [0.2, 0.25) is 0 Å². The Morgan fingerprint density at radius 1 is 1.15 bits per heavy atom. The van der Waals surface area contributed by atoms with Crippen LogP contribution < -0.4 is 19.5 Å². The maximum atomic E-state index is 12.8. The summed E-state index contributed by atoms with van der Waals surface area (Å²) in [5.41, 5.74) is 1.20. The van der Waals surface area contributed by atoms with Crippen LogP contribution in [0, 0.1) is 0 Å². The summed E-state index contributed by atoms with van der Waals surface area (Å²) >= 11 is 6.49. The van der Waals surface area contributed by atoms with Gasteiger partial charge in [0.05, 0.1) is 30.8 Å². The third-order valence-electron chi connectivity index (χ3n) is 3.88. The topological polar surface area (TPSA) is 78.9 Å². The smallest absolute Gasteiger partial charge is 0.270 e. The fourth-order valence-corrected chi connectivity index (χ4v) is 3.82. The number of hydrogen-bond donors (Lipinski definition) is 0. The molecule has 0 atom stereocenters. The molecule has 0 saturated carbocycles. The minimum Gasteiger partial charge on any atom is -0.545 e. The second-order valence-corrected chi connectivity index (χ2v) is 7.14. The van der Waals surface area contributed by atoms with E-state index in [-0.39, 0.29) is 11.5 Å². The summed E-state index contributed by atoms with van der Waals surface area (Å²) in [6.07, 6.45) is 1.69. The number of aromatic carboxylic acids is 1. The number of carboxylic acids is 1. The average Bonchev–Trinajstić information content (AvgIpc) is 2.95. The van der Waals surface area contributed by atoms with E-state index in [0.717, 1.165) is 11.8 Å². The molecule has 8 heteroatoms. The van der Waals surface area contributed by atoms with Gasteiger partial charge in [-0.15, -0.1) is 0 Å². The molecule has 3 rings (SSSR count). The third kappa shape index (κ3) is 3.81. The lowest BCUT2D eigenvalue weighted by molar-refractivity contribution is -0.255. The largest absolute Gasteiger partial charge is 0.545 e. The first kappa shape index (κ1) is 18.9. The van der Waals surface area contributed by atoms with Gasteiger partial charge in [0.1, 0.15) is 11.5 Å². The van der Waals surface area contributed by atoms with Gasteiger partial charge in [-0.3, -0.25) is 9.69 Å². The molecule has 2 aromatic carbocycles. The van der Waals surface area contributed by atoms with Gasteiger partial charge in [-0.1, -0.05) is 36.1 Å². The van der Waals surface area contributed by atoms with E-state index in [1.54, 1.807) is 38.5 Å². The number of rotatable bonds is 5. The second kappa shape index (κ2) is 7.81. The number of methoxy groups -OCH3 is 2. The van der Waals surface area contributed by atoms with Crippen molar-refractivity contribution < 1.29 is 24.2 Å². The lowest BCUT2D eigenvalue weighted by Crippen LogP contribution is -2.28. The molecule has 0 aliphatic carbocycles. The van der Waals surface area contributed by atoms with Crippen molar-refractivity contribution in [3.63, 3.8) is 0 Å². The van der Waals surface area contributed by atoms with Crippen LogP contribution in [0.1, 0.15) is 15.9 Å². The molecular formula is C19H14NO5S2-. The fourth-order valence-electron chi connectivity index (χ4n) is 2.53. The molecule has 1 heterocycles. The van der Waals surface area contributed by atoms with Crippen LogP contribution in [0.4, 0.5) is 5.69 Å². The van der Waals surface area contributed by atoms with E-state index in [1.165, 1.54) is 29.2 Å². The van der Waals surface area contributed by atoms with Crippen molar-refractivity contribution in [2.24, 2.45) is 0 Å². The summed E-state index contributed by atoms with van der Waals surface area (Å²) in [4.78, 5) is 25.5. The molecule has 0 radical (unpaired) electrons. The Hall–Kier alpha value is -2.84. The summed E-state index contributed by atoms with van der Waals surface area (Å²) in [6.45, 7) is 0. The number of benzene rings is 2. The lowest BCUT2D eigenvalue weighted by Gasteiger charge is -2.15. The van der Waals surface area contributed by atoms with Gasteiger partial charge in [0.25, 0.3) is 5.91 Å². The van der Waals surface area contributed by atoms with E-state index in [0.29, 0.717) is 32.0 Å². The van der Waals surface area contributed by atoms with Crippen LogP contribution in [0.15, 0.2) is 47.4 Å². The molecule has 1 amide bonds. The van der Waals surface area contributed by atoms with Crippen LogP contribution in [0.25, 0.3) is 6.08 Å². The van der Waals surface area contributed by atoms with Gasteiger partial charge in [-0.05, 0) is 42.0 Å². The van der Waals surface area contributed by atoms with Crippen molar-refractivity contribution in [1.82, 2.24) is 0 Å². The normalized spacial score (nSPS) is 15.3. The molecule has 1 aliphatic heterocycles. The number of carbonyl (C=O) groups excluding carboxylic acids is 2. The third-order valence-corrected chi connectivity index (χ3v) is 5.18. The Kier molecular flexibility index (Phi) is 5.48. The number of hydrogen-bond acceptors (Lipinski definition) is 7. The predicted molar refractivity (Wildman–Crippen MR) is 106 cm³/mol. The van der Waals surface area contributed by atoms with Crippen molar-refractivity contribution in [2.45, 2.75) is 0 Å². The number of thioether (sulfide) groups is 1. The number of ether oxygens (including phenoxy) is 2. The number of carbonyl (C=O) groups is 2. The second-order valence-electron chi connectivity index (χ2n) is 5.46. The molecule has 27 heavy (non-hydrogen) atoms. The van der Waals surface area contributed by atoms with Gasteiger partial charge in [0.2, 0.25) is 0 Å². The van der Waals surface area contributed by atoms with E-state index in [2.05, 4.69) is 0 Å². The van der Waals surface area contributed by atoms with Crippen molar-refractivity contribution >= 4 is 51.9 Å². The fraction of sp³-hybridized carbons (Fsp3) is 0.105. The number of carboxylic acid groups (broad SMARTS) is 1. The Balaban J connectivity index is 1.94. The molecule has 2 aromatic rings. The van der Waals surface area contributed by atoms with Gasteiger partial charge in [-0.2, -0.15) is 0 Å². The highest BCUT2D eigenvalue weighted by atomic mass is 32.2. The van der Waals surface area contributed by atoms with E-state index in [4.69, 9.17) is 21.7 Å². The minimum absolute atomic E-state index is 0.0286. The molecule has 0 bridgehead atoms. The maximum absolute atomic E-state index is 12.8. The molecule has 0 spiro atoms. The van der Waals surface area contributed by atoms with Gasteiger partial charge in [-0.25, -0.2) is 0 Å². The van der Waals surface area contributed by atoms with Crippen molar-refractivity contribution in [2.75, 3.05) is 19.1 Å². The van der Waals surface area contributed by atoms with Crippen LogP contribution in [0.5, 0.6) is 11.5 Å². The molecular weight excluding hydrogens is 386 g/mol. The number of thiocarbonyl (C=S) groups is 1. The molecule has 0 unspecified atom stereocenters. The SMILES string of the molecule is COc1ccc(OC)c(/C=C2\SC(=S)N(c3ccc(C(=O)[O-])cc3)C2=O)c1. The minimum atomic E-state index is -1.28. The first-order chi connectivity index (χ1) is 12.9. The van der Waals surface area contributed by atoms with Crippen molar-refractivity contribution in [3.05, 3.63) is 58.5 Å². The summed E-state index contributed by atoms with van der Waals surface area (Å²) in [5, 5.41) is 10.9. The first-order valence-corrected chi connectivity index (χ1v) is 8.98. The van der Waals surface area contributed by atoms with E-state index in [9.17, 15) is 14.7 Å². The quantitative estimate of drug-likeness (QED) is 0.563. The summed E-state index contributed by atoms with van der Waals surface area (Å²) in [6, 6.07) is 11.1. The zero-order valence-electron chi connectivity index (χ0n) is 14.4. The maximum Gasteiger partial charge on any atom is 0.270 e. The number of anilines is 1. The Labute approximate surface area is 165 Å². The first-order valence-electron chi connectivity index (χ1n) is 7.76. The van der Waals surface area contributed by atoms with E-state index < -0.39 is 5.97 Å². The Bertz CT molecular complexity index is 953. The molecule has 0 aromatic heterocycles. The van der Waals surface area contributed by atoms with Crippen LogP contribution >= 0.6 is 24.0 Å².